The molecule has 0 aromatic heterocycles. The number of sulfonamides is 1. The van der Waals surface area contributed by atoms with E-state index in [4.69, 9.17) is 5.11 Å². The van der Waals surface area contributed by atoms with Crippen molar-refractivity contribution in [1.29, 1.82) is 0 Å². The molecule has 0 bridgehead atoms. The molecule has 0 fully saturated rings. The van der Waals surface area contributed by atoms with Crippen molar-refractivity contribution in [2.75, 3.05) is 18.9 Å². The minimum atomic E-state index is -3.24. The maximum Gasteiger partial charge on any atom is 0.214 e. The summed E-state index contributed by atoms with van der Waals surface area (Å²) in [7, 11) is -3.24. The first-order chi connectivity index (χ1) is 6.45. The van der Waals surface area contributed by atoms with Crippen LogP contribution in [0, 0.1) is 0 Å². The van der Waals surface area contributed by atoms with Gasteiger partial charge in [-0.3, -0.25) is 0 Å². The Balaban J connectivity index is 4.54. The van der Waals surface area contributed by atoms with E-state index >= 15 is 0 Å². The third kappa shape index (κ3) is 4.21. The van der Waals surface area contributed by atoms with Gasteiger partial charge in [-0.1, -0.05) is 6.08 Å². The maximum atomic E-state index is 11.7. The first-order valence-corrected chi connectivity index (χ1v) is 6.28. The van der Waals surface area contributed by atoms with E-state index in [2.05, 4.69) is 6.58 Å². The molecule has 0 aromatic carbocycles. The number of nitrogens with zero attached hydrogens (tertiary/aromatic N) is 1. The Morgan fingerprint density at radius 1 is 1.50 bits per heavy atom. The molecular weight excluding hydrogens is 202 g/mol. The fraction of sp³-hybridized carbons (Fsp3) is 0.778. The van der Waals surface area contributed by atoms with E-state index in [1.54, 1.807) is 6.08 Å². The normalized spacial score (nSPS) is 12.4. The van der Waals surface area contributed by atoms with E-state index in [0.29, 0.717) is 6.54 Å². The van der Waals surface area contributed by atoms with Crippen molar-refractivity contribution < 1.29 is 13.5 Å². The molecule has 84 valence electrons. The molecule has 5 heteroatoms. The van der Waals surface area contributed by atoms with Gasteiger partial charge in [-0.25, -0.2) is 8.42 Å². The maximum absolute atomic E-state index is 11.7. The lowest BCUT2D eigenvalue weighted by Gasteiger charge is -2.24. The van der Waals surface area contributed by atoms with Crippen LogP contribution in [0.3, 0.4) is 0 Å². The summed E-state index contributed by atoms with van der Waals surface area (Å²) in [6, 6.07) is -0.0725. The summed E-state index contributed by atoms with van der Waals surface area (Å²) in [6.07, 6.45) is 1.85. The molecule has 14 heavy (non-hydrogen) atoms. The van der Waals surface area contributed by atoms with Crippen LogP contribution in [0.1, 0.15) is 20.3 Å². The van der Waals surface area contributed by atoms with Crippen molar-refractivity contribution in [3.05, 3.63) is 12.7 Å². The summed E-state index contributed by atoms with van der Waals surface area (Å²) in [4.78, 5) is 0. The quantitative estimate of drug-likeness (QED) is 0.640. The molecule has 0 aromatic rings. The van der Waals surface area contributed by atoms with E-state index in [9.17, 15) is 8.42 Å². The molecule has 0 rings (SSSR count). The van der Waals surface area contributed by atoms with Crippen LogP contribution in [0.15, 0.2) is 12.7 Å². The van der Waals surface area contributed by atoms with Crippen LogP contribution >= 0.6 is 0 Å². The summed E-state index contributed by atoms with van der Waals surface area (Å²) in [5.74, 6) is -0.00444. The Hall–Kier alpha value is -0.390. The molecule has 0 saturated carbocycles. The Kier molecular flexibility index (Phi) is 5.99. The van der Waals surface area contributed by atoms with Crippen LogP contribution in [0.25, 0.3) is 0 Å². The SMILES string of the molecule is C=CCN(C(C)C)S(=O)(=O)CCCO. The Morgan fingerprint density at radius 3 is 2.43 bits per heavy atom. The molecule has 0 aliphatic carbocycles. The van der Waals surface area contributed by atoms with Gasteiger partial charge in [-0.15, -0.1) is 6.58 Å². The van der Waals surface area contributed by atoms with Gasteiger partial charge in [0.15, 0.2) is 0 Å². The fourth-order valence-corrected chi connectivity index (χ4v) is 2.84. The average Bonchev–Trinajstić information content (AvgIpc) is 2.10. The molecule has 0 saturated heterocycles. The van der Waals surface area contributed by atoms with Crippen molar-refractivity contribution in [2.24, 2.45) is 0 Å². The van der Waals surface area contributed by atoms with Crippen molar-refractivity contribution in [2.45, 2.75) is 26.3 Å². The number of aliphatic hydroxyl groups is 1. The largest absolute Gasteiger partial charge is 0.396 e. The zero-order valence-corrected chi connectivity index (χ0v) is 9.63. The lowest BCUT2D eigenvalue weighted by atomic mass is 10.4. The van der Waals surface area contributed by atoms with Crippen LogP contribution in [0.5, 0.6) is 0 Å². The van der Waals surface area contributed by atoms with Crippen molar-refractivity contribution in [3.63, 3.8) is 0 Å². The summed E-state index contributed by atoms with van der Waals surface area (Å²) < 4.78 is 24.8. The third-order valence-electron chi connectivity index (χ3n) is 1.80. The lowest BCUT2D eigenvalue weighted by Crippen LogP contribution is -2.38. The highest BCUT2D eigenvalue weighted by Crippen LogP contribution is 2.08. The smallest absolute Gasteiger partial charge is 0.214 e. The number of hydrogen-bond acceptors (Lipinski definition) is 3. The highest BCUT2D eigenvalue weighted by Gasteiger charge is 2.22. The molecule has 0 amide bonds. The van der Waals surface area contributed by atoms with Gasteiger partial charge >= 0.3 is 0 Å². The van der Waals surface area contributed by atoms with Gasteiger partial charge in [-0.2, -0.15) is 4.31 Å². The first kappa shape index (κ1) is 13.6. The van der Waals surface area contributed by atoms with Gasteiger partial charge < -0.3 is 5.11 Å². The summed E-state index contributed by atoms with van der Waals surface area (Å²) >= 11 is 0. The van der Waals surface area contributed by atoms with Crippen molar-refractivity contribution in [3.8, 4) is 0 Å². The van der Waals surface area contributed by atoms with E-state index in [-0.39, 0.29) is 24.8 Å². The second-order valence-corrected chi connectivity index (χ2v) is 5.39. The topological polar surface area (TPSA) is 57.6 Å². The molecule has 0 aliphatic rings. The summed E-state index contributed by atoms with van der Waals surface area (Å²) in [5, 5.41) is 8.58. The van der Waals surface area contributed by atoms with Gasteiger partial charge in [0.1, 0.15) is 0 Å². The van der Waals surface area contributed by atoms with E-state index in [1.165, 1.54) is 4.31 Å². The molecule has 0 aliphatic heterocycles. The molecule has 0 heterocycles. The number of rotatable bonds is 7. The van der Waals surface area contributed by atoms with Crippen LogP contribution < -0.4 is 0 Å². The van der Waals surface area contributed by atoms with Crippen LogP contribution in [-0.2, 0) is 10.0 Å². The highest BCUT2D eigenvalue weighted by molar-refractivity contribution is 7.89. The molecule has 0 radical (unpaired) electrons. The minimum absolute atomic E-state index is 0.00444. The Labute approximate surface area is 86.3 Å². The summed E-state index contributed by atoms with van der Waals surface area (Å²) in [6.45, 7) is 7.39. The van der Waals surface area contributed by atoms with Crippen LogP contribution in [0.4, 0.5) is 0 Å². The molecule has 0 atom stereocenters. The van der Waals surface area contributed by atoms with E-state index < -0.39 is 10.0 Å². The predicted octanol–water partition coefficient (Wildman–Crippen LogP) is 0.595. The fourth-order valence-electron chi connectivity index (χ4n) is 1.14. The first-order valence-electron chi connectivity index (χ1n) is 4.67. The molecule has 0 spiro atoms. The van der Waals surface area contributed by atoms with Crippen LogP contribution in [0.2, 0.25) is 0 Å². The van der Waals surface area contributed by atoms with Gasteiger partial charge in [0.05, 0.1) is 5.75 Å². The molecular formula is C9H19NO3S. The molecule has 4 nitrogen and oxygen atoms in total. The standard InChI is InChI=1S/C9H19NO3S/c1-4-6-10(9(2)3)14(12,13)8-5-7-11/h4,9,11H,1,5-8H2,2-3H3. The lowest BCUT2D eigenvalue weighted by molar-refractivity contribution is 0.293. The second kappa shape index (κ2) is 6.16. The number of aliphatic hydroxyl groups excluding tert-OH is 1. The zero-order chi connectivity index (χ0) is 11.2. The predicted molar refractivity (Wildman–Crippen MR) is 57.5 cm³/mol. The third-order valence-corrected chi connectivity index (χ3v) is 3.89. The van der Waals surface area contributed by atoms with Gasteiger partial charge in [0.25, 0.3) is 0 Å². The van der Waals surface area contributed by atoms with E-state index in [1.807, 2.05) is 13.8 Å². The zero-order valence-electron chi connectivity index (χ0n) is 8.81. The monoisotopic (exact) mass is 221 g/mol. The van der Waals surface area contributed by atoms with Crippen molar-refractivity contribution >= 4 is 10.0 Å². The van der Waals surface area contributed by atoms with Gasteiger partial charge in [0, 0.05) is 19.2 Å². The molecule has 1 N–H and O–H groups in total. The molecule has 0 unspecified atom stereocenters. The average molecular weight is 221 g/mol. The minimum Gasteiger partial charge on any atom is -0.396 e. The van der Waals surface area contributed by atoms with Crippen LogP contribution in [-0.4, -0.2) is 42.8 Å². The van der Waals surface area contributed by atoms with Gasteiger partial charge in [0.2, 0.25) is 10.0 Å². The van der Waals surface area contributed by atoms with E-state index in [0.717, 1.165) is 0 Å². The Bertz CT molecular complexity index is 259. The Morgan fingerprint density at radius 2 is 2.07 bits per heavy atom. The van der Waals surface area contributed by atoms with Crippen molar-refractivity contribution in [1.82, 2.24) is 4.31 Å². The second-order valence-electron chi connectivity index (χ2n) is 3.35. The van der Waals surface area contributed by atoms with Gasteiger partial charge in [-0.05, 0) is 20.3 Å². The highest BCUT2D eigenvalue weighted by atomic mass is 32.2. The number of hydrogen-bond donors (Lipinski definition) is 1. The summed E-state index contributed by atoms with van der Waals surface area (Å²) in [5.41, 5.74) is 0.